The third kappa shape index (κ3) is 3.31. The number of anilines is 1. The maximum absolute atomic E-state index is 12.8. The van der Waals surface area contributed by atoms with E-state index in [1.165, 1.54) is 0 Å². The second-order valence-electron chi connectivity index (χ2n) is 6.31. The molecule has 7 nitrogen and oxygen atoms in total. The van der Waals surface area contributed by atoms with Crippen molar-refractivity contribution in [3.63, 3.8) is 0 Å². The van der Waals surface area contributed by atoms with Crippen LogP contribution in [0.1, 0.15) is 19.8 Å². The molecule has 7 heteroatoms. The molecule has 25 heavy (non-hydrogen) atoms. The number of allylic oxidation sites excluding steroid dienone is 2. The monoisotopic (exact) mass is 345 g/mol. The Morgan fingerprint density at radius 1 is 1.20 bits per heavy atom. The molecule has 1 aliphatic heterocycles. The van der Waals surface area contributed by atoms with Crippen LogP contribution in [0.15, 0.2) is 30.4 Å². The van der Waals surface area contributed by atoms with Crippen molar-refractivity contribution < 1.29 is 19.4 Å². The van der Waals surface area contributed by atoms with Crippen molar-refractivity contribution in [3.8, 4) is 5.88 Å². The molecule has 0 unspecified atom stereocenters. The highest BCUT2D eigenvalue weighted by Crippen LogP contribution is 2.36. The summed E-state index contributed by atoms with van der Waals surface area (Å²) in [7, 11) is 0. The van der Waals surface area contributed by atoms with Crippen LogP contribution in [0.2, 0.25) is 0 Å². The molecule has 1 N–H and O–H groups in total. The molecule has 0 spiro atoms. The first-order valence-electron chi connectivity index (χ1n) is 8.59. The maximum Gasteiger partial charge on any atom is 0.319 e. The summed E-state index contributed by atoms with van der Waals surface area (Å²) in [4.78, 5) is 32.7. The predicted octanol–water partition coefficient (Wildman–Crippen LogP) is 1.55. The number of aromatic nitrogens is 1. The summed E-state index contributed by atoms with van der Waals surface area (Å²) < 4.78 is 5.43. The number of amides is 1. The van der Waals surface area contributed by atoms with Gasteiger partial charge in [0, 0.05) is 32.2 Å². The average molecular weight is 345 g/mol. The van der Waals surface area contributed by atoms with Crippen molar-refractivity contribution in [2.75, 3.05) is 37.7 Å². The van der Waals surface area contributed by atoms with Gasteiger partial charge >= 0.3 is 5.97 Å². The number of carboxylic acid groups (broad SMARTS) is 1. The molecule has 2 heterocycles. The fraction of sp³-hybridized carbons (Fsp3) is 0.500. The SMILES string of the molecule is CCOc1cccc(N2CCN(C(=O)C3(C(=O)O)CC=CC3)CC2)n1. The molecule has 0 aromatic carbocycles. The number of pyridine rings is 1. The first kappa shape index (κ1) is 17.3. The Kier molecular flexibility index (Phi) is 4.92. The minimum atomic E-state index is -1.31. The number of carbonyl (C=O) groups excluding carboxylic acids is 1. The molecule has 0 saturated carbocycles. The van der Waals surface area contributed by atoms with E-state index in [4.69, 9.17) is 4.74 Å². The van der Waals surface area contributed by atoms with E-state index in [1.807, 2.05) is 25.1 Å². The van der Waals surface area contributed by atoms with E-state index < -0.39 is 11.4 Å². The van der Waals surface area contributed by atoms with Crippen molar-refractivity contribution >= 4 is 17.7 Å². The molecule has 1 aromatic rings. The lowest BCUT2D eigenvalue weighted by molar-refractivity contribution is -0.160. The second-order valence-corrected chi connectivity index (χ2v) is 6.31. The van der Waals surface area contributed by atoms with Crippen molar-refractivity contribution in [3.05, 3.63) is 30.4 Å². The van der Waals surface area contributed by atoms with Gasteiger partial charge in [0.15, 0.2) is 5.41 Å². The summed E-state index contributed by atoms with van der Waals surface area (Å²) >= 11 is 0. The molecule has 1 aliphatic carbocycles. The number of hydrogen-bond donors (Lipinski definition) is 1. The zero-order chi connectivity index (χ0) is 17.9. The predicted molar refractivity (Wildman–Crippen MR) is 92.6 cm³/mol. The number of hydrogen-bond acceptors (Lipinski definition) is 5. The summed E-state index contributed by atoms with van der Waals surface area (Å²) in [5.74, 6) is 0.0885. The smallest absolute Gasteiger partial charge is 0.319 e. The Labute approximate surface area is 146 Å². The lowest BCUT2D eigenvalue weighted by Crippen LogP contribution is -2.55. The molecule has 2 aliphatic rings. The van der Waals surface area contributed by atoms with E-state index in [1.54, 1.807) is 17.1 Å². The van der Waals surface area contributed by atoms with E-state index in [0.29, 0.717) is 38.7 Å². The van der Waals surface area contributed by atoms with Crippen LogP contribution in [-0.4, -0.2) is 59.7 Å². The minimum absolute atomic E-state index is 0.277. The van der Waals surface area contributed by atoms with E-state index in [-0.39, 0.29) is 18.7 Å². The van der Waals surface area contributed by atoms with Gasteiger partial charge in [0.05, 0.1) is 6.61 Å². The van der Waals surface area contributed by atoms with Crippen LogP contribution >= 0.6 is 0 Å². The number of rotatable bonds is 5. The summed E-state index contributed by atoms with van der Waals surface area (Å²) in [5, 5.41) is 9.55. The Morgan fingerprint density at radius 3 is 2.48 bits per heavy atom. The van der Waals surface area contributed by atoms with E-state index in [9.17, 15) is 14.7 Å². The van der Waals surface area contributed by atoms with Crippen LogP contribution in [0, 0.1) is 5.41 Å². The average Bonchev–Trinajstić information content (AvgIpc) is 3.13. The van der Waals surface area contributed by atoms with Gasteiger partial charge in [-0.05, 0) is 25.8 Å². The highest BCUT2D eigenvalue weighted by Gasteiger charge is 2.48. The highest BCUT2D eigenvalue weighted by atomic mass is 16.5. The van der Waals surface area contributed by atoms with Gasteiger partial charge < -0.3 is 19.6 Å². The number of ether oxygens (including phenoxy) is 1. The molecule has 1 amide bonds. The third-order valence-electron chi connectivity index (χ3n) is 4.81. The lowest BCUT2D eigenvalue weighted by atomic mass is 9.83. The molecule has 134 valence electrons. The second kappa shape index (κ2) is 7.13. The van der Waals surface area contributed by atoms with E-state index in [0.717, 1.165) is 5.82 Å². The minimum Gasteiger partial charge on any atom is -0.480 e. The standard InChI is InChI=1S/C18H23N3O4/c1-2-25-15-7-5-6-14(19-15)20-10-12-21(13-11-20)16(22)18(17(23)24)8-3-4-9-18/h3-7H,2,8-13H2,1H3,(H,23,24). The topological polar surface area (TPSA) is 83.0 Å². The summed E-state index contributed by atoms with van der Waals surface area (Å²) in [6.45, 7) is 4.71. The van der Waals surface area contributed by atoms with Gasteiger partial charge in [-0.15, -0.1) is 0 Å². The first-order chi connectivity index (χ1) is 12.1. The molecule has 0 bridgehead atoms. The van der Waals surface area contributed by atoms with Crippen LogP contribution in [0.3, 0.4) is 0 Å². The molecular weight excluding hydrogens is 322 g/mol. The van der Waals surface area contributed by atoms with Crippen molar-refractivity contribution in [1.29, 1.82) is 0 Å². The molecular formula is C18H23N3O4. The fourth-order valence-electron chi connectivity index (χ4n) is 3.34. The summed E-state index contributed by atoms with van der Waals surface area (Å²) in [6, 6.07) is 5.63. The lowest BCUT2D eigenvalue weighted by Gasteiger charge is -2.38. The van der Waals surface area contributed by atoms with Crippen LogP contribution in [0.5, 0.6) is 5.88 Å². The number of nitrogens with zero attached hydrogens (tertiary/aromatic N) is 3. The van der Waals surface area contributed by atoms with Crippen LogP contribution in [0.4, 0.5) is 5.82 Å². The van der Waals surface area contributed by atoms with Gasteiger partial charge in [0.2, 0.25) is 11.8 Å². The largest absolute Gasteiger partial charge is 0.480 e. The normalized spacial score (nSPS) is 19.1. The molecule has 0 radical (unpaired) electrons. The van der Waals surface area contributed by atoms with Gasteiger partial charge in [0.25, 0.3) is 0 Å². The van der Waals surface area contributed by atoms with Gasteiger partial charge in [-0.1, -0.05) is 18.2 Å². The number of piperazine rings is 1. The van der Waals surface area contributed by atoms with Crippen molar-refractivity contribution in [1.82, 2.24) is 9.88 Å². The van der Waals surface area contributed by atoms with Crippen molar-refractivity contribution in [2.45, 2.75) is 19.8 Å². The summed E-state index contributed by atoms with van der Waals surface area (Å²) in [6.07, 6.45) is 4.12. The highest BCUT2D eigenvalue weighted by molar-refractivity contribution is 6.02. The molecule has 1 fully saturated rings. The number of aliphatic carboxylic acids is 1. The van der Waals surface area contributed by atoms with Crippen LogP contribution < -0.4 is 9.64 Å². The van der Waals surface area contributed by atoms with Crippen LogP contribution in [0.25, 0.3) is 0 Å². The molecule has 1 aromatic heterocycles. The van der Waals surface area contributed by atoms with Gasteiger partial charge in [0.1, 0.15) is 5.82 Å². The van der Waals surface area contributed by atoms with Crippen LogP contribution in [-0.2, 0) is 9.59 Å². The Morgan fingerprint density at radius 2 is 1.88 bits per heavy atom. The Balaban J connectivity index is 1.64. The zero-order valence-electron chi connectivity index (χ0n) is 14.4. The fourth-order valence-corrected chi connectivity index (χ4v) is 3.34. The van der Waals surface area contributed by atoms with Gasteiger partial charge in [-0.2, -0.15) is 4.98 Å². The van der Waals surface area contributed by atoms with Gasteiger partial charge in [-0.3, -0.25) is 9.59 Å². The number of carbonyl (C=O) groups is 2. The first-order valence-corrected chi connectivity index (χ1v) is 8.59. The van der Waals surface area contributed by atoms with Gasteiger partial charge in [-0.25, -0.2) is 0 Å². The quantitative estimate of drug-likeness (QED) is 0.644. The maximum atomic E-state index is 12.8. The third-order valence-corrected chi connectivity index (χ3v) is 4.81. The zero-order valence-corrected chi connectivity index (χ0v) is 14.4. The molecule has 0 atom stereocenters. The molecule has 1 saturated heterocycles. The van der Waals surface area contributed by atoms with E-state index >= 15 is 0 Å². The Hall–Kier alpha value is -2.57. The summed E-state index contributed by atoms with van der Waals surface area (Å²) in [5.41, 5.74) is -1.31. The Bertz CT molecular complexity index is 673. The molecule has 3 rings (SSSR count). The van der Waals surface area contributed by atoms with E-state index in [2.05, 4.69) is 9.88 Å². The number of carboxylic acids is 1. The van der Waals surface area contributed by atoms with Crippen molar-refractivity contribution in [2.24, 2.45) is 5.41 Å².